The van der Waals surface area contributed by atoms with Gasteiger partial charge in [-0.1, -0.05) is 49.4 Å². The number of hydrogen-bond acceptors (Lipinski definition) is 3. The second-order valence-electron chi connectivity index (χ2n) is 8.06. The first-order valence-electron chi connectivity index (χ1n) is 11.3. The minimum Gasteiger partial charge on any atom is -0.329 e. The van der Waals surface area contributed by atoms with Crippen LogP contribution in [0.25, 0.3) is 22.7 Å². The molecular weight excluding hydrogens is 429 g/mol. The van der Waals surface area contributed by atoms with Crippen LogP contribution in [0, 0.1) is 5.82 Å². The first kappa shape index (κ1) is 23.1. The molecule has 0 fully saturated rings. The molecule has 4 aromatic rings. The number of carbonyl (C=O) groups is 1. The van der Waals surface area contributed by atoms with Crippen molar-refractivity contribution >= 4 is 22.9 Å². The number of amides is 1. The number of rotatable bonds is 7. The van der Waals surface area contributed by atoms with E-state index < -0.39 is 11.9 Å². The molecule has 0 saturated heterocycles. The zero-order valence-electron chi connectivity index (χ0n) is 19.2. The summed E-state index contributed by atoms with van der Waals surface area (Å²) in [6.07, 6.45) is 4.06. The van der Waals surface area contributed by atoms with Crippen LogP contribution in [0.3, 0.4) is 0 Å². The van der Waals surface area contributed by atoms with E-state index in [2.05, 4.69) is 0 Å². The summed E-state index contributed by atoms with van der Waals surface area (Å²) in [5.74, 6) is -0.148. The minimum atomic E-state index is -0.504. The Labute approximate surface area is 197 Å². The SMILES string of the molecule is CCCN(C(=O)/C=C/c1ccccc1)C(C)c1nc2ccccc2c(=O)n1-c1ccc(F)cc1. The molecule has 0 spiro atoms. The van der Waals surface area contributed by atoms with E-state index in [1.165, 1.54) is 16.7 Å². The summed E-state index contributed by atoms with van der Waals surface area (Å²) in [4.78, 5) is 33.2. The van der Waals surface area contributed by atoms with Gasteiger partial charge in [0.1, 0.15) is 11.6 Å². The first-order valence-corrected chi connectivity index (χ1v) is 11.3. The molecule has 3 aromatic carbocycles. The maximum Gasteiger partial charge on any atom is 0.266 e. The quantitative estimate of drug-likeness (QED) is 0.344. The van der Waals surface area contributed by atoms with E-state index in [-0.39, 0.29) is 11.5 Å². The van der Waals surface area contributed by atoms with E-state index in [1.807, 2.05) is 50.2 Å². The summed E-state index contributed by atoms with van der Waals surface area (Å²) in [7, 11) is 0. The molecule has 0 radical (unpaired) electrons. The van der Waals surface area contributed by atoms with Crippen molar-refractivity contribution in [3.05, 3.63) is 112 Å². The molecule has 1 amide bonds. The van der Waals surface area contributed by atoms with E-state index in [1.54, 1.807) is 47.4 Å². The Morgan fingerprint density at radius 2 is 1.71 bits per heavy atom. The molecule has 0 aliphatic rings. The van der Waals surface area contributed by atoms with Gasteiger partial charge in [-0.3, -0.25) is 14.2 Å². The van der Waals surface area contributed by atoms with Gasteiger partial charge >= 0.3 is 0 Å². The van der Waals surface area contributed by atoms with Gasteiger partial charge in [-0.05, 0) is 61.4 Å². The highest BCUT2D eigenvalue weighted by atomic mass is 19.1. The molecule has 0 aliphatic carbocycles. The second kappa shape index (κ2) is 10.3. The Balaban J connectivity index is 1.81. The van der Waals surface area contributed by atoms with Crippen molar-refractivity contribution in [3.63, 3.8) is 0 Å². The third-order valence-corrected chi connectivity index (χ3v) is 5.69. The molecule has 0 saturated carbocycles. The summed E-state index contributed by atoms with van der Waals surface area (Å²) < 4.78 is 15.1. The van der Waals surface area contributed by atoms with Crippen LogP contribution in [0.2, 0.25) is 0 Å². The number of aromatic nitrogens is 2. The van der Waals surface area contributed by atoms with Crippen molar-refractivity contribution in [2.75, 3.05) is 6.54 Å². The molecule has 0 N–H and O–H groups in total. The van der Waals surface area contributed by atoms with E-state index in [0.717, 1.165) is 12.0 Å². The molecule has 1 aromatic heterocycles. The predicted molar refractivity (Wildman–Crippen MR) is 133 cm³/mol. The highest BCUT2D eigenvalue weighted by Gasteiger charge is 2.25. The van der Waals surface area contributed by atoms with Gasteiger partial charge in [0.15, 0.2) is 0 Å². The summed E-state index contributed by atoms with van der Waals surface area (Å²) in [6, 6.07) is 21.9. The molecule has 6 heteroatoms. The Morgan fingerprint density at radius 1 is 1.03 bits per heavy atom. The molecule has 4 rings (SSSR count). The molecule has 0 bridgehead atoms. The Bertz CT molecular complexity index is 1380. The van der Waals surface area contributed by atoms with Crippen LogP contribution in [-0.4, -0.2) is 26.9 Å². The number of halogens is 1. The van der Waals surface area contributed by atoms with Crippen LogP contribution in [0.5, 0.6) is 0 Å². The summed E-state index contributed by atoms with van der Waals surface area (Å²) in [6.45, 7) is 4.35. The van der Waals surface area contributed by atoms with Crippen molar-refractivity contribution in [2.45, 2.75) is 26.3 Å². The lowest BCUT2D eigenvalue weighted by atomic mass is 10.1. The van der Waals surface area contributed by atoms with Gasteiger partial charge in [0.2, 0.25) is 5.91 Å². The zero-order chi connectivity index (χ0) is 24.1. The van der Waals surface area contributed by atoms with Crippen molar-refractivity contribution in [1.82, 2.24) is 14.5 Å². The molecule has 0 aliphatic heterocycles. The third-order valence-electron chi connectivity index (χ3n) is 5.69. The first-order chi connectivity index (χ1) is 16.5. The summed E-state index contributed by atoms with van der Waals surface area (Å²) in [5.41, 5.74) is 1.71. The number of nitrogens with zero attached hydrogens (tertiary/aromatic N) is 3. The Hall–Kier alpha value is -4.06. The molecule has 5 nitrogen and oxygen atoms in total. The van der Waals surface area contributed by atoms with Gasteiger partial charge < -0.3 is 4.90 Å². The number of carbonyl (C=O) groups excluding carboxylic acids is 1. The minimum absolute atomic E-state index is 0.175. The molecule has 172 valence electrons. The largest absolute Gasteiger partial charge is 0.329 e. The third kappa shape index (κ3) is 4.81. The number of hydrogen-bond donors (Lipinski definition) is 0. The highest BCUT2D eigenvalue weighted by molar-refractivity contribution is 5.92. The van der Waals surface area contributed by atoms with Crippen molar-refractivity contribution in [1.29, 1.82) is 0 Å². The monoisotopic (exact) mass is 455 g/mol. The molecular formula is C28H26FN3O2. The van der Waals surface area contributed by atoms with E-state index in [0.29, 0.717) is 29.0 Å². The number of benzene rings is 3. The van der Waals surface area contributed by atoms with Crippen LogP contribution < -0.4 is 5.56 Å². The van der Waals surface area contributed by atoms with Crippen LogP contribution in [0.1, 0.15) is 37.7 Å². The van der Waals surface area contributed by atoms with E-state index in [9.17, 15) is 14.0 Å². The fourth-order valence-electron chi connectivity index (χ4n) is 3.97. The van der Waals surface area contributed by atoms with Crippen LogP contribution in [-0.2, 0) is 4.79 Å². The lowest BCUT2D eigenvalue weighted by Gasteiger charge is -2.29. The smallest absolute Gasteiger partial charge is 0.266 e. The van der Waals surface area contributed by atoms with Crippen LogP contribution in [0.4, 0.5) is 4.39 Å². The molecule has 1 unspecified atom stereocenters. The summed E-state index contributed by atoms with van der Waals surface area (Å²) in [5, 5.41) is 0.458. The maximum atomic E-state index is 13.6. The second-order valence-corrected chi connectivity index (χ2v) is 8.06. The van der Waals surface area contributed by atoms with Gasteiger partial charge in [-0.25, -0.2) is 9.37 Å². The fraction of sp³-hybridized carbons (Fsp3) is 0.179. The van der Waals surface area contributed by atoms with Crippen LogP contribution in [0.15, 0.2) is 89.7 Å². The topological polar surface area (TPSA) is 55.2 Å². The molecule has 1 heterocycles. The van der Waals surface area contributed by atoms with Gasteiger partial charge in [0.25, 0.3) is 5.56 Å². The highest BCUT2D eigenvalue weighted by Crippen LogP contribution is 2.24. The Kier molecular flexibility index (Phi) is 6.97. The van der Waals surface area contributed by atoms with Gasteiger partial charge in [-0.2, -0.15) is 0 Å². The standard InChI is InChI=1S/C28H26FN3O2/c1-3-19-31(26(33)18-13-21-9-5-4-6-10-21)20(2)27-30-25-12-8-7-11-24(25)28(34)32(27)23-16-14-22(29)15-17-23/h4-18,20H,3,19H2,1-2H3/b18-13+. The van der Waals surface area contributed by atoms with Crippen molar-refractivity contribution in [2.24, 2.45) is 0 Å². The number of fused-ring (bicyclic) bond motifs is 1. The fourth-order valence-corrected chi connectivity index (χ4v) is 3.97. The average Bonchev–Trinajstić information content (AvgIpc) is 2.87. The summed E-state index contributed by atoms with van der Waals surface area (Å²) >= 11 is 0. The van der Waals surface area contributed by atoms with Crippen LogP contribution >= 0.6 is 0 Å². The Morgan fingerprint density at radius 3 is 2.41 bits per heavy atom. The van der Waals surface area contributed by atoms with Gasteiger partial charge in [0.05, 0.1) is 22.6 Å². The van der Waals surface area contributed by atoms with E-state index >= 15 is 0 Å². The maximum absolute atomic E-state index is 13.6. The normalized spacial score (nSPS) is 12.2. The number of para-hydroxylation sites is 1. The predicted octanol–water partition coefficient (Wildman–Crippen LogP) is 5.54. The van der Waals surface area contributed by atoms with Gasteiger partial charge in [0, 0.05) is 12.6 Å². The lowest BCUT2D eigenvalue weighted by molar-refractivity contribution is -0.128. The molecule has 34 heavy (non-hydrogen) atoms. The zero-order valence-corrected chi connectivity index (χ0v) is 19.2. The average molecular weight is 456 g/mol. The van der Waals surface area contributed by atoms with E-state index in [4.69, 9.17) is 4.98 Å². The lowest BCUT2D eigenvalue weighted by Crippen LogP contribution is -2.37. The van der Waals surface area contributed by atoms with Crippen molar-refractivity contribution < 1.29 is 9.18 Å². The molecule has 1 atom stereocenters. The van der Waals surface area contributed by atoms with Crippen molar-refractivity contribution in [3.8, 4) is 5.69 Å². The van der Waals surface area contributed by atoms with Gasteiger partial charge in [-0.15, -0.1) is 0 Å².